The molecule has 1 aliphatic carbocycles. The maximum absolute atomic E-state index is 4.27. The fourth-order valence-corrected chi connectivity index (χ4v) is 1.51. The predicted molar refractivity (Wildman–Crippen MR) is 44.1 cm³/mol. The van der Waals surface area contributed by atoms with Crippen LogP contribution in [-0.2, 0) is 0 Å². The Morgan fingerprint density at radius 1 is 1.38 bits per heavy atom. The first-order chi connectivity index (χ1) is 3.65. The molecule has 0 aromatic carbocycles. The first kappa shape index (κ1) is 7.40. The summed E-state index contributed by atoms with van der Waals surface area (Å²) in [7, 11) is 0. The molecule has 0 atom stereocenters. The van der Waals surface area contributed by atoms with Gasteiger partial charge in [-0.2, -0.15) is 0 Å². The number of rotatable bonds is 1. The third-order valence-corrected chi connectivity index (χ3v) is 3.37. The summed E-state index contributed by atoms with van der Waals surface area (Å²) < 4.78 is 0.739. The Morgan fingerprint density at radius 2 is 1.88 bits per heavy atom. The van der Waals surface area contributed by atoms with E-state index in [9.17, 15) is 0 Å². The zero-order valence-corrected chi connectivity index (χ0v) is 6.88. The molecule has 42 valence electrons. The van der Waals surface area contributed by atoms with Gasteiger partial charge >= 0.3 is 70.9 Å². The Hall–Kier alpha value is 1.30. The second kappa shape index (κ2) is 2.50. The Bertz CT molecular complexity index is 88.4. The van der Waals surface area contributed by atoms with Crippen molar-refractivity contribution in [2.24, 2.45) is 0 Å². The minimum absolute atomic E-state index is 0.288. The van der Waals surface area contributed by atoms with Gasteiger partial charge in [0.25, 0.3) is 0 Å². The molecule has 0 N–H and O–H groups in total. The van der Waals surface area contributed by atoms with Gasteiger partial charge in [-0.15, -0.1) is 0 Å². The summed E-state index contributed by atoms with van der Waals surface area (Å²) in [4.78, 5) is 0. The van der Waals surface area contributed by atoms with Crippen molar-refractivity contribution < 1.29 is 0 Å². The van der Waals surface area contributed by atoms with E-state index in [1.165, 1.54) is 19.3 Å². The summed E-state index contributed by atoms with van der Waals surface area (Å²) in [6, 6.07) is 0. The Balaban J connectivity index is 2.41. The molecule has 0 amide bonds. The predicted octanol–water partition coefficient (Wildman–Crippen LogP) is 1.68. The van der Waals surface area contributed by atoms with Gasteiger partial charge < -0.3 is 0 Å². The van der Waals surface area contributed by atoms with Gasteiger partial charge in [0.2, 0.25) is 0 Å². The van der Waals surface area contributed by atoms with Gasteiger partial charge in [-0.3, -0.25) is 0 Å². The van der Waals surface area contributed by atoms with E-state index < -0.39 is 0 Å². The van der Waals surface area contributed by atoms with Gasteiger partial charge in [0.15, 0.2) is 0 Å². The standard InChI is InChI=1S/C5H9S2.Li/c6-5(7)4-2-1-3-4;/h5-7H,1-3H2;. The molecule has 1 saturated carbocycles. The molecule has 0 aromatic rings. The Labute approximate surface area is 70.8 Å². The normalized spacial score (nSPS) is 25.6. The Morgan fingerprint density at radius 3 is 1.88 bits per heavy atom. The number of hydrogen-bond donors (Lipinski definition) is 2. The summed E-state index contributed by atoms with van der Waals surface area (Å²) in [5.41, 5.74) is 0. The summed E-state index contributed by atoms with van der Waals surface area (Å²) in [6.45, 7) is 0. The first-order valence-electron chi connectivity index (χ1n) is 3.01. The van der Waals surface area contributed by atoms with Crippen LogP contribution in [0.1, 0.15) is 19.3 Å². The first-order valence-corrected chi connectivity index (χ1v) is 4.04. The molecule has 0 bridgehead atoms. The van der Waals surface area contributed by atoms with E-state index in [2.05, 4.69) is 43.0 Å². The minimum atomic E-state index is 0.288. The molecule has 1 fully saturated rings. The van der Waals surface area contributed by atoms with Gasteiger partial charge in [0.1, 0.15) is 0 Å². The van der Waals surface area contributed by atoms with Crippen molar-refractivity contribution in [1.29, 1.82) is 0 Å². The molecule has 1 rings (SSSR count). The number of thiol groups is 2. The van der Waals surface area contributed by atoms with Crippen LogP contribution in [0.4, 0.5) is 0 Å². The van der Waals surface area contributed by atoms with E-state index in [1.807, 2.05) is 0 Å². The fourth-order valence-electron chi connectivity index (χ4n) is 0.993. The third kappa shape index (κ3) is 1.24. The monoisotopic (exact) mass is 140 g/mol. The molecule has 3 heteroatoms. The van der Waals surface area contributed by atoms with Crippen molar-refractivity contribution in [2.75, 3.05) is 0 Å². The summed E-state index contributed by atoms with van der Waals surface area (Å²) in [5.74, 6) is 0. The van der Waals surface area contributed by atoms with Crippen LogP contribution in [0.5, 0.6) is 0 Å². The van der Waals surface area contributed by atoms with Crippen LogP contribution in [0.2, 0.25) is 4.09 Å². The molecule has 0 nitrogen and oxygen atoms in total. The molecule has 0 spiro atoms. The molecule has 0 heterocycles. The van der Waals surface area contributed by atoms with Crippen molar-refractivity contribution in [2.45, 2.75) is 27.9 Å². The quantitative estimate of drug-likeness (QED) is 0.309. The number of hydrogen-bond acceptors (Lipinski definition) is 2. The van der Waals surface area contributed by atoms with E-state index in [-0.39, 0.29) is 4.58 Å². The van der Waals surface area contributed by atoms with Gasteiger partial charge in [-0.25, -0.2) is 0 Å². The molecule has 0 aromatic heterocycles. The molecule has 0 aliphatic heterocycles. The maximum atomic E-state index is 4.27. The van der Waals surface area contributed by atoms with E-state index in [0.717, 1.165) is 0 Å². The molecule has 0 unspecified atom stereocenters. The van der Waals surface area contributed by atoms with Gasteiger partial charge in [0.05, 0.1) is 0 Å². The summed E-state index contributed by atoms with van der Waals surface area (Å²) >= 11 is 10.8. The van der Waals surface area contributed by atoms with Crippen LogP contribution in [-0.4, -0.2) is 22.3 Å². The van der Waals surface area contributed by atoms with E-state index in [1.54, 1.807) is 0 Å². The Kier molecular flexibility index (Phi) is 2.31. The second-order valence-electron chi connectivity index (χ2n) is 2.88. The van der Waals surface area contributed by atoms with E-state index >= 15 is 0 Å². The van der Waals surface area contributed by atoms with Crippen LogP contribution >= 0.6 is 25.3 Å². The van der Waals surface area contributed by atoms with Crippen molar-refractivity contribution in [1.82, 2.24) is 0 Å². The fraction of sp³-hybridized carbons (Fsp3) is 1.00. The van der Waals surface area contributed by atoms with Crippen LogP contribution in [0.25, 0.3) is 0 Å². The summed E-state index contributed by atoms with van der Waals surface area (Å²) in [6.07, 6.45) is 3.99. The van der Waals surface area contributed by atoms with Crippen molar-refractivity contribution in [3.05, 3.63) is 0 Å². The van der Waals surface area contributed by atoms with E-state index in [4.69, 9.17) is 0 Å². The SMILES string of the molecule is [Li][C]1(C(S)S)CCC1. The summed E-state index contributed by atoms with van der Waals surface area (Å²) in [5, 5.41) is 0. The van der Waals surface area contributed by atoms with Crippen LogP contribution in [0, 0.1) is 0 Å². The molecule has 1 aliphatic rings. The molecule has 8 heavy (non-hydrogen) atoms. The average Bonchev–Trinajstić information content (AvgIpc) is 1.60. The third-order valence-electron chi connectivity index (χ3n) is 2.12. The van der Waals surface area contributed by atoms with Crippen molar-refractivity contribution in [3.63, 3.8) is 0 Å². The van der Waals surface area contributed by atoms with E-state index in [0.29, 0.717) is 4.09 Å². The molecule has 0 saturated heterocycles. The van der Waals surface area contributed by atoms with Crippen molar-refractivity contribution in [3.8, 4) is 0 Å². The zero-order valence-electron chi connectivity index (χ0n) is 5.09. The van der Waals surface area contributed by atoms with Gasteiger partial charge in [-0.1, -0.05) is 0 Å². The van der Waals surface area contributed by atoms with Gasteiger partial charge in [0, 0.05) is 0 Å². The average molecular weight is 140 g/mol. The van der Waals surface area contributed by atoms with Crippen molar-refractivity contribution >= 4 is 43.0 Å². The van der Waals surface area contributed by atoms with Crippen LogP contribution < -0.4 is 0 Å². The molecular formula is C5H9LiS2. The van der Waals surface area contributed by atoms with Crippen LogP contribution in [0.15, 0.2) is 0 Å². The van der Waals surface area contributed by atoms with Gasteiger partial charge in [-0.05, 0) is 0 Å². The molecule has 0 radical (unpaired) electrons. The molecular weight excluding hydrogens is 131 g/mol. The topological polar surface area (TPSA) is 0 Å². The second-order valence-corrected chi connectivity index (χ2v) is 4.32. The zero-order chi connectivity index (χ0) is 6.20. The van der Waals surface area contributed by atoms with Crippen LogP contribution in [0.3, 0.4) is 0 Å².